The average molecular weight is 258 g/mol. The molecule has 0 aliphatic heterocycles. The van der Waals surface area contributed by atoms with E-state index in [1.54, 1.807) is 0 Å². The van der Waals surface area contributed by atoms with Crippen LogP contribution < -0.4 is 0 Å². The topological polar surface area (TPSA) is 0 Å². The fraction of sp³-hybridized carbons (Fsp3) is 0. The predicted octanol–water partition coefficient (Wildman–Crippen LogP) is 1.59. The predicted molar refractivity (Wildman–Crippen MR) is 18.7 cm³/mol. The SMILES string of the molecule is [CH3-].[CH3-].[Cl][Ir+2]. The molecule has 0 radical (unpaired) electrons. The molecule has 0 rings (SSSR count). The van der Waals surface area contributed by atoms with Gasteiger partial charge in [0.05, 0.1) is 0 Å². The normalized spacial score (nSPS) is 1.50. The van der Waals surface area contributed by atoms with Crippen molar-refractivity contribution in [1.82, 2.24) is 0 Å². The van der Waals surface area contributed by atoms with Gasteiger partial charge in [0.2, 0.25) is 0 Å². The Hall–Kier alpha value is 0.939. The molecule has 0 aliphatic carbocycles. The van der Waals surface area contributed by atoms with E-state index in [-0.39, 0.29) is 14.9 Å². The fourth-order valence-corrected chi connectivity index (χ4v) is 0. The first kappa shape index (κ1) is 20.4. The molecule has 0 amide bonds. The molecular formula is C2H6ClIr. The van der Waals surface area contributed by atoms with Crippen LogP contribution in [0.1, 0.15) is 0 Å². The summed E-state index contributed by atoms with van der Waals surface area (Å²) in [4.78, 5) is 0. The zero-order valence-electron chi connectivity index (χ0n) is 2.71. The second kappa shape index (κ2) is 38.6. The third kappa shape index (κ3) is 12.5. The average Bonchev–Trinajstić information content (AvgIpc) is 1.00. The quantitative estimate of drug-likeness (QED) is 0.578. The van der Waals surface area contributed by atoms with Crippen molar-refractivity contribution in [2.24, 2.45) is 0 Å². The van der Waals surface area contributed by atoms with Gasteiger partial charge in [-0.1, -0.05) is 0 Å². The van der Waals surface area contributed by atoms with E-state index in [9.17, 15) is 0 Å². The molecule has 0 aliphatic rings. The summed E-state index contributed by atoms with van der Waals surface area (Å²) in [6.07, 6.45) is 0. The fourth-order valence-electron chi connectivity index (χ4n) is 0. The van der Waals surface area contributed by atoms with Crippen molar-refractivity contribution < 1.29 is 17.9 Å². The van der Waals surface area contributed by atoms with E-state index in [4.69, 9.17) is 0 Å². The molecule has 0 aromatic rings. The van der Waals surface area contributed by atoms with Crippen LogP contribution in [0.15, 0.2) is 0 Å². The minimum atomic E-state index is 0. The van der Waals surface area contributed by atoms with Crippen LogP contribution in [0.25, 0.3) is 0 Å². The summed E-state index contributed by atoms with van der Waals surface area (Å²) in [6.45, 7) is 0. The Morgan fingerprint density at radius 1 is 1.00 bits per heavy atom. The summed E-state index contributed by atoms with van der Waals surface area (Å²) in [5.41, 5.74) is 0. The minimum absolute atomic E-state index is 0. The number of hydrogen-bond acceptors (Lipinski definition) is 0. The molecule has 0 heterocycles. The molecule has 4 heavy (non-hydrogen) atoms. The van der Waals surface area contributed by atoms with Crippen LogP contribution in [0.5, 0.6) is 0 Å². The number of hydrogen-bond donors (Lipinski definition) is 0. The van der Waals surface area contributed by atoms with Gasteiger partial charge in [0, 0.05) is 0 Å². The van der Waals surface area contributed by atoms with Gasteiger partial charge in [-0.2, -0.15) is 0 Å². The second-order valence-corrected chi connectivity index (χ2v) is 0. The van der Waals surface area contributed by atoms with E-state index in [0.717, 1.165) is 0 Å². The summed E-state index contributed by atoms with van der Waals surface area (Å²) >= 11 is 1.47. The van der Waals surface area contributed by atoms with Gasteiger partial charge in [0.25, 0.3) is 0 Å². The van der Waals surface area contributed by atoms with E-state index >= 15 is 0 Å². The van der Waals surface area contributed by atoms with Crippen molar-refractivity contribution in [3.05, 3.63) is 14.9 Å². The second-order valence-electron chi connectivity index (χ2n) is 0. The van der Waals surface area contributed by atoms with E-state index in [0.29, 0.717) is 0 Å². The van der Waals surface area contributed by atoms with Gasteiger partial charge in [-0.05, 0) is 0 Å². The van der Waals surface area contributed by atoms with Gasteiger partial charge in [0.15, 0.2) is 0 Å². The molecule has 0 unspecified atom stereocenters. The van der Waals surface area contributed by atoms with Crippen LogP contribution >= 0.6 is 9.58 Å². The standard InChI is InChI=1S/2CH3.ClH.Ir/h2*1H3;1H;/q2*-1;;+3/p-1. The Bertz CT molecular complexity index is 6.00. The van der Waals surface area contributed by atoms with Crippen LogP contribution in [-0.4, -0.2) is 0 Å². The van der Waals surface area contributed by atoms with Gasteiger partial charge in [-0.3, -0.25) is 0 Å². The molecule has 0 fully saturated rings. The first-order chi connectivity index (χ1) is 1.00. The van der Waals surface area contributed by atoms with E-state index in [1.807, 2.05) is 0 Å². The molecule has 0 saturated carbocycles. The van der Waals surface area contributed by atoms with Crippen LogP contribution in [0, 0.1) is 14.9 Å². The first-order valence-corrected chi connectivity index (χ1v) is 3.09. The molecule has 30 valence electrons. The van der Waals surface area contributed by atoms with Crippen LogP contribution in [0.2, 0.25) is 0 Å². The van der Waals surface area contributed by atoms with Crippen molar-refractivity contribution in [1.29, 1.82) is 0 Å². The molecule has 0 atom stereocenters. The van der Waals surface area contributed by atoms with Crippen molar-refractivity contribution in [2.75, 3.05) is 0 Å². The Morgan fingerprint density at radius 2 is 1.00 bits per heavy atom. The van der Waals surface area contributed by atoms with Crippen LogP contribution in [0.3, 0.4) is 0 Å². The summed E-state index contributed by atoms with van der Waals surface area (Å²) in [5.74, 6) is 0. The van der Waals surface area contributed by atoms with E-state index in [1.165, 1.54) is 17.9 Å². The number of rotatable bonds is 0. The zero-order valence-corrected chi connectivity index (χ0v) is 5.86. The summed E-state index contributed by atoms with van der Waals surface area (Å²) in [6, 6.07) is 0. The Morgan fingerprint density at radius 3 is 1.00 bits per heavy atom. The molecule has 0 aromatic heterocycles. The molecule has 0 spiro atoms. The molecular weight excluding hydrogens is 252 g/mol. The molecule has 0 nitrogen and oxygen atoms in total. The van der Waals surface area contributed by atoms with Crippen LogP contribution in [-0.2, 0) is 17.9 Å². The third-order valence-corrected chi connectivity index (χ3v) is 0. The van der Waals surface area contributed by atoms with Crippen molar-refractivity contribution >= 4 is 9.58 Å². The maximum atomic E-state index is 4.64. The van der Waals surface area contributed by atoms with E-state index < -0.39 is 0 Å². The first-order valence-electron chi connectivity index (χ1n) is 0.126. The molecule has 0 N–H and O–H groups in total. The molecule has 0 aromatic carbocycles. The summed E-state index contributed by atoms with van der Waals surface area (Å²) in [7, 11) is 4.64. The van der Waals surface area contributed by atoms with Gasteiger partial charge in [-0.25, -0.2) is 0 Å². The number of halogens is 1. The third-order valence-electron chi connectivity index (χ3n) is 0. The Balaban J connectivity index is -0.00000000500. The Kier molecular flexibility index (Phi) is 197. The molecule has 0 saturated heterocycles. The zero-order chi connectivity index (χ0) is 2.00. The maximum absolute atomic E-state index is 4.64. The molecule has 0 bridgehead atoms. The van der Waals surface area contributed by atoms with Crippen molar-refractivity contribution in [3.8, 4) is 0 Å². The monoisotopic (exact) mass is 258 g/mol. The van der Waals surface area contributed by atoms with Crippen molar-refractivity contribution in [3.63, 3.8) is 0 Å². The Labute approximate surface area is 42.7 Å². The van der Waals surface area contributed by atoms with Gasteiger partial charge in [-0.15, -0.1) is 0 Å². The van der Waals surface area contributed by atoms with Crippen molar-refractivity contribution in [2.45, 2.75) is 0 Å². The van der Waals surface area contributed by atoms with Gasteiger partial charge in [0.1, 0.15) is 0 Å². The van der Waals surface area contributed by atoms with E-state index in [2.05, 4.69) is 9.58 Å². The van der Waals surface area contributed by atoms with Gasteiger partial charge >= 0.3 is 27.5 Å². The van der Waals surface area contributed by atoms with Crippen LogP contribution in [0.4, 0.5) is 0 Å². The molecule has 2 heteroatoms. The van der Waals surface area contributed by atoms with Gasteiger partial charge < -0.3 is 14.9 Å². The summed E-state index contributed by atoms with van der Waals surface area (Å²) in [5, 5.41) is 0. The summed E-state index contributed by atoms with van der Waals surface area (Å²) < 4.78 is 0.